The van der Waals surface area contributed by atoms with E-state index in [0.717, 1.165) is 22.8 Å². The molecule has 1 amide bonds. The molecule has 0 bridgehead atoms. The maximum absolute atomic E-state index is 13.3. The van der Waals surface area contributed by atoms with E-state index in [2.05, 4.69) is 5.32 Å². The van der Waals surface area contributed by atoms with Crippen molar-refractivity contribution in [1.29, 1.82) is 0 Å². The van der Waals surface area contributed by atoms with Gasteiger partial charge in [-0.15, -0.1) is 0 Å². The van der Waals surface area contributed by atoms with Gasteiger partial charge in [-0.05, 0) is 53.4 Å². The lowest BCUT2D eigenvalue weighted by Gasteiger charge is -2.15. The molecule has 1 aromatic heterocycles. The highest BCUT2D eigenvalue weighted by atomic mass is 35.5. The van der Waals surface area contributed by atoms with Crippen LogP contribution >= 0.6 is 11.6 Å². The molecule has 0 aliphatic heterocycles. The van der Waals surface area contributed by atoms with Crippen LogP contribution in [0.4, 0.5) is 17.6 Å². The number of carbonyl (C=O) groups excluding carboxylic acids is 1. The van der Waals surface area contributed by atoms with E-state index < -0.39 is 29.0 Å². The molecule has 0 spiro atoms. The van der Waals surface area contributed by atoms with Crippen molar-refractivity contribution in [3.8, 4) is 5.69 Å². The maximum atomic E-state index is 13.3. The van der Waals surface area contributed by atoms with Crippen LogP contribution in [0.2, 0.25) is 5.02 Å². The van der Waals surface area contributed by atoms with Crippen LogP contribution in [0.3, 0.4) is 0 Å². The van der Waals surface area contributed by atoms with Crippen molar-refractivity contribution >= 4 is 28.4 Å². The Balaban J connectivity index is 1.79. The molecule has 0 fully saturated rings. The second-order valence-electron chi connectivity index (χ2n) is 7.22. The number of pyridine rings is 1. The summed E-state index contributed by atoms with van der Waals surface area (Å²) in [6, 6.07) is 15.9. The largest absolute Gasteiger partial charge is 0.416 e. The van der Waals surface area contributed by atoms with Gasteiger partial charge in [-0.1, -0.05) is 41.9 Å². The highest BCUT2D eigenvalue weighted by Gasteiger charge is 2.31. The van der Waals surface area contributed by atoms with Crippen LogP contribution in [-0.2, 0) is 12.7 Å². The number of para-hydroxylation sites is 1. The molecular weight excluding hydrogens is 460 g/mol. The first-order chi connectivity index (χ1) is 15.6. The zero-order valence-corrected chi connectivity index (χ0v) is 17.5. The van der Waals surface area contributed by atoms with Gasteiger partial charge in [0.15, 0.2) is 0 Å². The molecule has 1 heterocycles. The lowest BCUT2D eigenvalue weighted by molar-refractivity contribution is -0.137. The van der Waals surface area contributed by atoms with E-state index in [4.69, 9.17) is 11.6 Å². The van der Waals surface area contributed by atoms with E-state index in [9.17, 15) is 27.2 Å². The zero-order chi connectivity index (χ0) is 23.8. The molecule has 168 valence electrons. The molecule has 0 aliphatic carbocycles. The number of carbonyl (C=O) groups is 1. The fraction of sp³-hybridized carbons (Fsp3) is 0.0833. The first-order valence-corrected chi connectivity index (χ1v) is 10.1. The predicted octanol–water partition coefficient (Wildman–Crippen LogP) is 5.73. The number of alkyl halides is 3. The summed E-state index contributed by atoms with van der Waals surface area (Å²) < 4.78 is 54.0. The summed E-state index contributed by atoms with van der Waals surface area (Å²) in [7, 11) is 0. The Hall–Kier alpha value is -3.65. The summed E-state index contributed by atoms with van der Waals surface area (Å²) in [5.41, 5.74) is -1.20. The molecule has 0 aliphatic rings. The van der Waals surface area contributed by atoms with Crippen molar-refractivity contribution in [1.82, 2.24) is 9.88 Å². The van der Waals surface area contributed by atoms with Crippen molar-refractivity contribution in [2.24, 2.45) is 0 Å². The van der Waals surface area contributed by atoms with Crippen molar-refractivity contribution < 1.29 is 22.4 Å². The number of hydrogen-bond donors (Lipinski definition) is 1. The summed E-state index contributed by atoms with van der Waals surface area (Å²) in [6.07, 6.45) is -4.60. The summed E-state index contributed by atoms with van der Waals surface area (Å²) in [6.45, 7) is -0.0756. The fourth-order valence-electron chi connectivity index (χ4n) is 3.44. The molecule has 4 aromatic rings. The molecule has 1 N–H and O–H groups in total. The second-order valence-corrected chi connectivity index (χ2v) is 7.63. The van der Waals surface area contributed by atoms with Gasteiger partial charge < -0.3 is 5.32 Å². The predicted molar refractivity (Wildman–Crippen MR) is 117 cm³/mol. The zero-order valence-electron chi connectivity index (χ0n) is 16.8. The highest BCUT2D eigenvalue weighted by molar-refractivity contribution is 6.31. The van der Waals surface area contributed by atoms with Gasteiger partial charge in [0.2, 0.25) is 0 Å². The molecule has 9 heteroatoms. The average Bonchev–Trinajstić information content (AvgIpc) is 2.77. The van der Waals surface area contributed by atoms with Crippen LogP contribution in [0.15, 0.2) is 77.6 Å². The molecule has 0 saturated heterocycles. The standard InChI is InChI=1S/C24H15ClF4N2O2/c25-20-12-17(26)9-8-15(20)13-30-22(32)19-10-14-4-1-2-7-21(14)31(23(19)33)18-6-3-5-16(11-18)24(27,28)29/h1-12H,13H2,(H,30,32). The minimum absolute atomic E-state index is 0.0257. The minimum atomic E-state index is -4.60. The van der Waals surface area contributed by atoms with E-state index >= 15 is 0 Å². The third-order valence-corrected chi connectivity index (χ3v) is 5.39. The highest BCUT2D eigenvalue weighted by Crippen LogP contribution is 2.30. The quantitative estimate of drug-likeness (QED) is 0.384. The van der Waals surface area contributed by atoms with Gasteiger partial charge in [0.25, 0.3) is 11.5 Å². The first kappa shape index (κ1) is 22.5. The smallest absolute Gasteiger partial charge is 0.348 e. The van der Waals surface area contributed by atoms with Gasteiger partial charge in [-0.25, -0.2) is 4.39 Å². The Morgan fingerprint density at radius 3 is 2.45 bits per heavy atom. The van der Waals surface area contributed by atoms with Crippen LogP contribution in [0, 0.1) is 5.82 Å². The number of nitrogens with zero attached hydrogens (tertiary/aromatic N) is 1. The monoisotopic (exact) mass is 474 g/mol. The number of rotatable bonds is 4. The summed E-state index contributed by atoms with van der Waals surface area (Å²) in [4.78, 5) is 26.1. The van der Waals surface area contributed by atoms with Gasteiger partial charge in [-0.2, -0.15) is 13.2 Å². The number of halogens is 5. The Morgan fingerprint density at radius 1 is 0.970 bits per heavy atom. The number of aromatic nitrogens is 1. The maximum Gasteiger partial charge on any atom is 0.416 e. The molecule has 0 radical (unpaired) electrons. The van der Waals surface area contributed by atoms with Crippen LogP contribution in [0.5, 0.6) is 0 Å². The van der Waals surface area contributed by atoms with Crippen molar-refractivity contribution in [3.05, 3.63) is 111 Å². The molecule has 0 saturated carbocycles. The van der Waals surface area contributed by atoms with Gasteiger partial charge in [0.05, 0.1) is 11.1 Å². The molecule has 3 aromatic carbocycles. The topological polar surface area (TPSA) is 51.1 Å². The lowest BCUT2D eigenvalue weighted by atomic mass is 10.1. The minimum Gasteiger partial charge on any atom is -0.348 e. The molecule has 0 atom stereocenters. The molecule has 0 unspecified atom stereocenters. The van der Waals surface area contributed by atoms with Gasteiger partial charge in [0, 0.05) is 17.3 Å². The van der Waals surface area contributed by atoms with Gasteiger partial charge >= 0.3 is 6.18 Å². The Labute approximate surface area is 190 Å². The Kier molecular flexibility index (Phi) is 5.95. The van der Waals surface area contributed by atoms with Gasteiger partial charge in [0.1, 0.15) is 11.4 Å². The molecule has 4 nitrogen and oxygen atoms in total. The first-order valence-electron chi connectivity index (χ1n) is 9.70. The van der Waals surface area contributed by atoms with Crippen LogP contribution in [0.1, 0.15) is 21.5 Å². The average molecular weight is 475 g/mol. The number of hydrogen-bond acceptors (Lipinski definition) is 2. The molecule has 4 rings (SSSR count). The van der Waals surface area contributed by atoms with Crippen LogP contribution in [-0.4, -0.2) is 10.5 Å². The van der Waals surface area contributed by atoms with E-state index in [1.165, 1.54) is 30.3 Å². The normalized spacial score (nSPS) is 11.5. The Morgan fingerprint density at radius 2 is 1.73 bits per heavy atom. The second kappa shape index (κ2) is 8.71. The number of benzene rings is 3. The number of fused-ring (bicyclic) bond motifs is 1. The van der Waals surface area contributed by atoms with E-state index in [-0.39, 0.29) is 22.8 Å². The van der Waals surface area contributed by atoms with Crippen LogP contribution < -0.4 is 10.9 Å². The summed E-state index contributed by atoms with van der Waals surface area (Å²) in [5, 5.41) is 3.15. The fourth-order valence-corrected chi connectivity index (χ4v) is 3.67. The Bertz CT molecular complexity index is 1430. The van der Waals surface area contributed by atoms with Gasteiger partial charge in [-0.3, -0.25) is 14.2 Å². The van der Waals surface area contributed by atoms with Crippen molar-refractivity contribution in [2.45, 2.75) is 12.7 Å². The third kappa shape index (κ3) is 4.61. The van der Waals surface area contributed by atoms with Crippen LogP contribution in [0.25, 0.3) is 16.6 Å². The van der Waals surface area contributed by atoms with E-state index in [1.54, 1.807) is 24.3 Å². The van der Waals surface area contributed by atoms with E-state index in [0.29, 0.717) is 16.5 Å². The summed E-state index contributed by atoms with van der Waals surface area (Å²) in [5.74, 6) is -1.28. The van der Waals surface area contributed by atoms with Crippen molar-refractivity contribution in [2.75, 3.05) is 0 Å². The molecular formula is C24H15ClF4N2O2. The lowest BCUT2D eigenvalue weighted by Crippen LogP contribution is -2.32. The van der Waals surface area contributed by atoms with Crippen molar-refractivity contribution in [3.63, 3.8) is 0 Å². The number of amides is 1. The molecule has 33 heavy (non-hydrogen) atoms. The summed E-state index contributed by atoms with van der Waals surface area (Å²) >= 11 is 5.98. The number of nitrogens with one attached hydrogen (secondary N) is 1. The van der Waals surface area contributed by atoms with E-state index in [1.807, 2.05) is 0 Å². The third-order valence-electron chi connectivity index (χ3n) is 5.04. The SMILES string of the molecule is O=C(NCc1ccc(F)cc1Cl)c1cc2ccccc2n(-c2cccc(C(F)(F)F)c2)c1=O.